The molecule has 0 aliphatic heterocycles. The van der Waals surface area contributed by atoms with Crippen molar-refractivity contribution in [1.82, 2.24) is 4.90 Å². The molecule has 0 aromatic carbocycles. The van der Waals surface area contributed by atoms with Gasteiger partial charge in [-0.15, -0.1) is 19.7 Å². The van der Waals surface area contributed by atoms with Crippen molar-refractivity contribution in [2.75, 3.05) is 34.5 Å². The van der Waals surface area contributed by atoms with Gasteiger partial charge in [-0.2, -0.15) is 0 Å². The molecule has 6 atom stereocenters. The molecule has 0 saturated carbocycles. The Kier molecular flexibility index (Phi) is 14.4. The molecule has 0 radical (unpaired) electrons. The minimum Gasteiger partial charge on any atom is -0.319 e. The van der Waals surface area contributed by atoms with Crippen LogP contribution in [-0.2, 0) is 46.8 Å². The van der Waals surface area contributed by atoms with Crippen LogP contribution in [0.5, 0.6) is 0 Å². The lowest BCUT2D eigenvalue weighted by atomic mass is 10.2. The SMILES string of the molecule is C=CCS(=O)C[C@H](N)C(=O)N(C(=O)[C@@H](N)CS(=O)CC=C)C(=O)[C@@H](N)CS(=O)CC=C. The number of rotatable bonds is 15. The summed E-state index contributed by atoms with van der Waals surface area (Å²) in [7, 11) is -4.66. The van der Waals surface area contributed by atoms with E-state index in [2.05, 4.69) is 19.7 Å². The van der Waals surface area contributed by atoms with E-state index >= 15 is 0 Å². The van der Waals surface area contributed by atoms with Crippen LogP contribution in [0.4, 0.5) is 0 Å². The summed E-state index contributed by atoms with van der Waals surface area (Å²) in [6, 6.07) is -4.40. The molecule has 0 rings (SSSR count). The highest BCUT2D eigenvalue weighted by atomic mass is 32.2. The summed E-state index contributed by atoms with van der Waals surface area (Å²) < 4.78 is 35.7. The predicted molar refractivity (Wildman–Crippen MR) is 125 cm³/mol. The fraction of sp³-hybridized carbons (Fsp3) is 0.500. The molecule has 3 unspecified atom stereocenters. The molecule has 31 heavy (non-hydrogen) atoms. The highest BCUT2D eigenvalue weighted by molar-refractivity contribution is 7.85. The lowest BCUT2D eigenvalue weighted by Gasteiger charge is -2.26. The van der Waals surface area contributed by atoms with Crippen molar-refractivity contribution in [3.8, 4) is 0 Å². The zero-order valence-corrected chi connectivity index (χ0v) is 19.6. The molecule has 0 bridgehead atoms. The Bertz CT molecular complexity index is 674. The van der Waals surface area contributed by atoms with E-state index in [0.29, 0.717) is 0 Å². The van der Waals surface area contributed by atoms with Gasteiger partial charge in [0.15, 0.2) is 0 Å². The first-order valence-electron chi connectivity index (χ1n) is 9.06. The van der Waals surface area contributed by atoms with Crippen molar-refractivity contribution < 1.29 is 27.0 Å². The van der Waals surface area contributed by atoms with Gasteiger partial charge in [0.05, 0.1) is 18.1 Å². The molecule has 0 aliphatic carbocycles. The van der Waals surface area contributed by atoms with E-state index in [1.807, 2.05) is 0 Å². The van der Waals surface area contributed by atoms with Gasteiger partial charge < -0.3 is 17.2 Å². The standard InChI is InChI=1S/C18H30N4O6S3/c1-4-7-29(26)10-13(19)16(23)22(17(24)14(20)11-30(27)8-5-2)18(25)15(21)12-31(28)9-6-3/h4-6,13-15H,1-3,7-12,19-21H2/t13-,14-,15-,29?,30?,31?/m0/s1. The van der Waals surface area contributed by atoms with Crippen molar-refractivity contribution in [3.05, 3.63) is 38.0 Å². The Morgan fingerprint density at radius 3 is 1.06 bits per heavy atom. The minimum absolute atomic E-state index is 0.0585. The molecule has 10 nitrogen and oxygen atoms in total. The van der Waals surface area contributed by atoms with E-state index in [-0.39, 0.29) is 39.4 Å². The van der Waals surface area contributed by atoms with E-state index in [1.165, 1.54) is 18.2 Å². The molecule has 0 heterocycles. The van der Waals surface area contributed by atoms with E-state index in [9.17, 15) is 27.0 Å². The van der Waals surface area contributed by atoms with Crippen LogP contribution >= 0.6 is 0 Å². The Balaban J connectivity index is 5.74. The van der Waals surface area contributed by atoms with Gasteiger partial charge in [0.1, 0.15) is 0 Å². The molecule has 6 N–H and O–H groups in total. The first-order valence-corrected chi connectivity index (χ1v) is 13.5. The molecule has 0 fully saturated rings. The van der Waals surface area contributed by atoms with Crippen molar-refractivity contribution >= 4 is 50.1 Å². The average Bonchev–Trinajstić information content (AvgIpc) is 2.67. The third-order valence-electron chi connectivity index (χ3n) is 3.62. The van der Waals surface area contributed by atoms with Crippen molar-refractivity contribution in [1.29, 1.82) is 0 Å². The minimum atomic E-state index is -1.55. The largest absolute Gasteiger partial charge is 0.319 e. The number of carbonyl (C=O) groups is 3. The lowest BCUT2D eigenvalue weighted by Crippen LogP contribution is -2.60. The molecule has 0 aromatic heterocycles. The number of imide groups is 3. The maximum absolute atomic E-state index is 12.8. The second-order valence-corrected chi connectivity index (χ2v) is 11.0. The number of nitrogens with zero attached hydrogens (tertiary/aromatic N) is 1. The molecule has 0 saturated heterocycles. The first-order chi connectivity index (χ1) is 14.5. The lowest BCUT2D eigenvalue weighted by molar-refractivity contribution is -0.155. The average molecular weight is 495 g/mol. The van der Waals surface area contributed by atoms with Gasteiger partial charge in [-0.3, -0.25) is 27.0 Å². The normalized spacial score (nSPS) is 16.7. The van der Waals surface area contributed by atoms with Gasteiger partial charge in [-0.05, 0) is 0 Å². The highest BCUT2D eigenvalue weighted by Crippen LogP contribution is 2.06. The zero-order chi connectivity index (χ0) is 24.1. The van der Waals surface area contributed by atoms with Crippen LogP contribution in [-0.4, -0.2) is 87.9 Å². The smallest absolute Gasteiger partial charge is 0.253 e. The van der Waals surface area contributed by atoms with E-state index in [4.69, 9.17) is 17.2 Å². The van der Waals surface area contributed by atoms with Gasteiger partial charge in [-0.25, -0.2) is 4.90 Å². The highest BCUT2D eigenvalue weighted by Gasteiger charge is 2.38. The number of hydrogen-bond donors (Lipinski definition) is 3. The molecule has 0 aromatic rings. The maximum Gasteiger partial charge on any atom is 0.253 e. The second kappa shape index (κ2) is 15.2. The quantitative estimate of drug-likeness (QED) is 0.210. The summed E-state index contributed by atoms with van der Waals surface area (Å²) in [6.07, 6.45) is 4.12. The van der Waals surface area contributed by atoms with Crippen LogP contribution in [0.25, 0.3) is 0 Å². The monoisotopic (exact) mass is 494 g/mol. The molecular weight excluding hydrogens is 464 g/mol. The summed E-state index contributed by atoms with van der Waals surface area (Å²) >= 11 is 0. The third-order valence-corrected chi connectivity index (χ3v) is 7.64. The van der Waals surface area contributed by atoms with E-state index in [0.717, 1.165) is 0 Å². The number of hydrogen-bond acceptors (Lipinski definition) is 9. The number of carbonyl (C=O) groups excluding carboxylic acids is 3. The van der Waals surface area contributed by atoms with Crippen molar-refractivity contribution in [2.45, 2.75) is 18.1 Å². The topological polar surface area (TPSA) is 184 Å². The summed E-state index contributed by atoms with van der Waals surface area (Å²) in [4.78, 5) is 38.6. The van der Waals surface area contributed by atoms with Crippen LogP contribution in [0.15, 0.2) is 38.0 Å². The van der Waals surface area contributed by atoms with Crippen molar-refractivity contribution in [2.24, 2.45) is 17.2 Å². The van der Waals surface area contributed by atoms with Gasteiger partial charge in [0, 0.05) is 66.9 Å². The first kappa shape index (κ1) is 29.4. The van der Waals surface area contributed by atoms with Gasteiger partial charge in [0.25, 0.3) is 17.7 Å². The van der Waals surface area contributed by atoms with Crippen LogP contribution in [0.3, 0.4) is 0 Å². The summed E-state index contributed by atoms with van der Waals surface area (Å²) in [5.41, 5.74) is 17.3. The second-order valence-electron chi connectivity index (χ2n) is 6.36. The van der Waals surface area contributed by atoms with Crippen molar-refractivity contribution in [3.63, 3.8) is 0 Å². The maximum atomic E-state index is 12.8. The molecular formula is C18H30N4O6S3. The Labute approximate surface area is 189 Å². The Morgan fingerprint density at radius 2 is 0.871 bits per heavy atom. The Hall–Kier alpha value is -1.64. The van der Waals surface area contributed by atoms with Crippen LogP contribution < -0.4 is 17.2 Å². The van der Waals surface area contributed by atoms with E-state index < -0.39 is 68.2 Å². The third kappa shape index (κ3) is 10.5. The van der Waals surface area contributed by atoms with Gasteiger partial charge in [0.2, 0.25) is 0 Å². The van der Waals surface area contributed by atoms with Gasteiger partial charge in [-0.1, -0.05) is 18.2 Å². The van der Waals surface area contributed by atoms with Crippen LogP contribution in [0.1, 0.15) is 0 Å². The van der Waals surface area contributed by atoms with Gasteiger partial charge >= 0.3 is 0 Å². The molecule has 176 valence electrons. The molecule has 0 aliphatic rings. The number of amides is 3. The fourth-order valence-corrected chi connectivity index (χ4v) is 5.06. The summed E-state index contributed by atoms with van der Waals surface area (Å²) in [5.74, 6) is -4.28. The summed E-state index contributed by atoms with van der Waals surface area (Å²) in [5, 5.41) is 0. The van der Waals surface area contributed by atoms with E-state index in [1.54, 1.807) is 0 Å². The van der Waals surface area contributed by atoms with Crippen LogP contribution in [0.2, 0.25) is 0 Å². The Morgan fingerprint density at radius 1 is 0.645 bits per heavy atom. The number of nitrogens with two attached hydrogens (primary N) is 3. The summed E-state index contributed by atoms with van der Waals surface area (Å²) in [6.45, 7) is 10.3. The molecule has 0 spiro atoms. The zero-order valence-electron chi connectivity index (χ0n) is 17.2. The fourth-order valence-electron chi connectivity index (χ4n) is 2.24. The predicted octanol–water partition coefficient (Wildman–Crippen LogP) is -2.35. The molecule has 13 heteroatoms. The van der Waals surface area contributed by atoms with Crippen LogP contribution in [0, 0.1) is 0 Å². The molecule has 3 amide bonds.